The van der Waals surface area contributed by atoms with Crippen LogP contribution in [0.2, 0.25) is 78.6 Å². The number of hydrogen-bond donors (Lipinski definition) is 4. The number of hydrogen-bond acceptors (Lipinski definition) is 8. The van der Waals surface area contributed by atoms with Gasteiger partial charge in [-0.3, -0.25) is 19.2 Å². The molecule has 6 aromatic rings. The van der Waals surface area contributed by atoms with Crippen molar-refractivity contribution in [1.29, 1.82) is 0 Å². The molecule has 2 aromatic carbocycles. The SMILES string of the molecule is C[Si](C)(C)C#Cc1cccc(C(=O)NCc2cccc(CNC(=O)c3cccc(C#C[Si](C)(C)C)n3)c2)n1.C[Si](C)(C)C#Cc1cccc(C(=O)NCc2cccc(CNC(=O)c3cccc(C#C[Si](C)(C)C)n3)c2)n1. The summed E-state index contributed by atoms with van der Waals surface area (Å²) in [7, 11) is -6.12. The lowest BCUT2D eigenvalue weighted by molar-refractivity contribution is 0.0937. The topological polar surface area (TPSA) is 168 Å². The van der Waals surface area contributed by atoms with Crippen LogP contribution >= 0.6 is 0 Å². The molecule has 0 radical (unpaired) electrons. The summed E-state index contributed by atoms with van der Waals surface area (Å²) in [5, 5.41) is 11.7. The normalized spacial score (nSPS) is 10.9. The maximum absolute atomic E-state index is 12.7. The van der Waals surface area contributed by atoms with E-state index in [0.717, 1.165) is 22.3 Å². The van der Waals surface area contributed by atoms with Crippen LogP contribution in [0.15, 0.2) is 121 Å². The zero-order valence-electron chi connectivity index (χ0n) is 45.8. The van der Waals surface area contributed by atoms with Crippen LogP contribution in [-0.2, 0) is 26.2 Å². The van der Waals surface area contributed by atoms with Gasteiger partial charge in [0.05, 0.1) is 0 Å². The lowest BCUT2D eigenvalue weighted by Gasteiger charge is -2.09. The van der Waals surface area contributed by atoms with Crippen LogP contribution in [0.4, 0.5) is 0 Å². The lowest BCUT2D eigenvalue weighted by atomic mass is 10.1. The molecule has 0 aliphatic heterocycles. The van der Waals surface area contributed by atoms with Crippen LogP contribution in [0.1, 0.15) is 87.0 Å². The van der Waals surface area contributed by atoms with Gasteiger partial charge in [-0.15, -0.1) is 22.2 Å². The van der Waals surface area contributed by atoms with Gasteiger partial charge >= 0.3 is 0 Å². The van der Waals surface area contributed by atoms with Gasteiger partial charge in [0.25, 0.3) is 23.6 Å². The number of pyridine rings is 4. The zero-order valence-corrected chi connectivity index (χ0v) is 49.8. The van der Waals surface area contributed by atoms with Crippen molar-refractivity contribution in [2.24, 2.45) is 0 Å². The first-order chi connectivity index (χ1) is 35.8. The van der Waals surface area contributed by atoms with Gasteiger partial charge in [-0.2, -0.15) is 0 Å². The van der Waals surface area contributed by atoms with E-state index in [1.807, 2.05) is 72.8 Å². The third-order valence-corrected chi connectivity index (χ3v) is 13.5. The first-order valence-electron chi connectivity index (χ1n) is 25.1. The van der Waals surface area contributed by atoms with Crippen LogP contribution in [0.25, 0.3) is 0 Å². The van der Waals surface area contributed by atoms with Crippen molar-refractivity contribution in [2.45, 2.75) is 105 Å². The minimum atomic E-state index is -1.53. The number of carbonyl (C=O) groups is 4. The molecule has 16 heteroatoms. The third-order valence-electron chi connectivity index (χ3n) is 9.98. The van der Waals surface area contributed by atoms with E-state index in [1.165, 1.54) is 0 Å². The molecule has 4 amide bonds. The first-order valence-corrected chi connectivity index (χ1v) is 39.1. The Morgan fingerprint density at radius 1 is 0.329 bits per heavy atom. The Labute approximate surface area is 453 Å². The molecule has 0 atom stereocenters. The Balaban J connectivity index is 0.000000281. The van der Waals surface area contributed by atoms with Crippen LogP contribution < -0.4 is 21.3 Å². The summed E-state index contributed by atoms with van der Waals surface area (Å²) in [6.45, 7) is 27.3. The van der Waals surface area contributed by atoms with Crippen LogP contribution in [0, 0.1) is 45.9 Å². The van der Waals surface area contributed by atoms with Crippen LogP contribution in [0.5, 0.6) is 0 Å². The fraction of sp³-hybridized carbons (Fsp3) is 0.267. The molecule has 0 saturated carbocycles. The molecule has 0 aliphatic carbocycles. The second kappa shape index (κ2) is 27.0. The predicted octanol–water partition coefficient (Wildman–Crippen LogP) is 9.59. The van der Waals surface area contributed by atoms with Gasteiger partial charge in [-0.25, -0.2) is 19.9 Å². The number of amides is 4. The zero-order chi connectivity index (χ0) is 55.5. The Hall–Kier alpha value is -7.97. The minimum absolute atomic E-state index is 0.261. The van der Waals surface area contributed by atoms with E-state index in [1.54, 1.807) is 48.5 Å². The third kappa shape index (κ3) is 22.2. The Bertz CT molecular complexity index is 2910. The fourth-order valence-electron chi connectivity index (χ4n) is 6.32. The molecular weight excluding hydrogens is 1010 g/mol. The molecule has 0 saturated heterocycles. The number of benzene rings is 2. The number of nitrogens with one attached hydrogen (secondary N) is 4. The monoisotopic (exact) mass is 1080 g/mol. The van der Waals surface area contributed by atoms with Gasteiger partial charge in [0, 0.05) is 26.2 Å². The molecule has 0 bridgehead atoms. The maximum Gasteiger partial charge on any atom is 0.270 e. The number of nitrogens with zero attached hydrogens (tertiary/aromatic N) is 4. The number of carbonyl (C=O) groups excluding carboxylic acids is 4. The summed E-state index contributed by atoms with van der Waals surface area (Å²) in [5.74, 6) is 11.3. The van der Waals surface area contributed by atoms with Gasteiger partial charge in [0.1, 0.15) is 77.8 Å². The molecule has 0 aliphatic rings. The van der Waals surface area contributed by atoms with Crippen molar-refractivity contribution in [1.82, 2.24) is 41.2 Å². The standard InChI is InChI=1S/2C30H34N4O2Si2/c2*1-37(2,3)18-16-25-12-8-14-27(33-25)29(35)31-21-23-10-7-11-24(20-23)22-32-30(36)28-15-9-13-26(34-28)17-19-38(4,5)6/h2*7-15,20H,21-22H2,1-6H3,(H,31,35)(H,32,36). The maximum atomic E-state index is 12.7. The second-order valence-corrected chi connectivity index (χ2v) is 41.0. The average Bonchev–Trinajstić information content (AvgIpc) is 3.38. The highest BCUT2D eigenvalue weighted by Gasteiger charge is 2.15. The van der Waals surface area contributed by atoms with Crippen LogP contribution in [0.3, 0.4) is 0 Å². The predicted molar refractivity (Wildman–Crippen MR) is 315 cm³/mol. The number of rotatable bonds is 12. The molecule has 0 fully saturated rings. The summed E-state index contributed by atoms with van der Waals surface area (Å²) in [4.78, 5) is 68.2. The van der Waals surface area contributed by atoms with E-state index in [2.05, 4.69) is 166 Å². The smallest absolute Gasteiger partial charge is 0.270 e. The summed E-state index contributed by atoms with van der Waals surface area (Å²) in [5.41, 5.74) is 20.5. The molecule has 6 rings (SSSR count). The summed E-state index contributed by atoms with van der Waals surface area (Å²) >= 11 is 0. The molecular formula is C60H68N8O4Si4. The van der Waals surface area contributed by atoms with Crippen molar-refractivity contribution >= 4 is 55.9 Å². The van der Waals surface area contributed by atoms with Crippen molar-refractivity contribution in [3.8, 4) is 45.9 Å². The molecule has 4 aromatic heterocycles. The molecule has 76 heavy (non-hydrogen) atoms. The molecule has 0 spiro atoms. The average molecular weight is 1080 g/mol. The van der Waals surface area contributed by atoms with Gasteiger partial charge in [0.15, 0.2) is 0 Å². The van der Waals surface area contributed by atoms with E-state index in [9.17, 15) is 19.2 Å². The Morgan fingerprint density at radius 3 is 0.724 bits per heavy atom. The van der Waals surface area contributed by atoms with Gasteiger partial charge in [0.2, 0.25) is 0 Å². The van der Waals surface area contributed by atoms with E-state index in [4.69, 9.17) is 0 Å². The molecule has 12 nitrogen and oxygen atoms in total. The molecule has 4 N–H and O–H groups in total. The van der Waals surface area contributed by atoms with Crippen molar-refractivity contribution in [3.63, 3.8) is 0 Å². The van der Waals surface area contributed by atoms with E-state index in [-0.39, 0.29) is 23.6 Å². The highest BCUT2D eigenvalue weighted by molar-refractivity contribution is 6.85. The minimum Gasteiger partial charge on any atom is -0.347 e. The van der Waals surface area contributed by atoms with Crippen molar-refractivity contribution in [2.75, 3.05) is 0 Å². The lowest BCUT2D eigenvalue weighted by Crippen LogP contribution is -2.25. The first kappa shape index (κ1) is 58.9. The second-order valence-electron chi connectivity index (χ2n) is 22.0. The highest BCUT2D eigenvalue weighted by Crippen LogP contribution is 2.11. The molecule has 0 unspecified atom stereocenters. The van der Waals surface area contributed by atoms with Crippen molar-refractivity contribution in [3.05, 3.63) is 189 Å². The summed E-state index contributed by atoms with van der Waals surface area (Å²) < 4.78 is 0. The van der Waals surface area contributed by atoms with Crippen LogP contribution in [-0.4, -0.2) is 75.9 Å². The van der Waals surface area contributed by atoms with E-state index < -0.39 is 32.3 Å². The van der Waals surface area contributed by atoms with Gasteiger partial charge < -0.3 is 21.3 Å². The van der Waals surface area contributed by atoms with E-state index >= 15 is 0 Å². The van der Waals surface area contributed by atoms with E-state index in [0.29, 0.717) is 71.7 Å². The van der Waals surface area contributed by atoms with Gasteiger partial charge in [-0.05, 0) is 70.8 Å². The molecule has 388 valence electrons. The Kier molecular flexibility index (Phi) is 20.9. The van der Waals surface area contributed by atoms with Gasteiger partial charge in [-0.1, -0.05) is 175 Å². The highest BCUT2D eigenvalue weighted by atomic mass is 28.3. The summed E-state index contributed by atoms with van der Waals surface area (Å²) in [6.07, 6.45) is 0. The largest absolute Gasteiger partial charge is 0.347 e. The summed E-state index contributed by atoms with van der Waals surface area (Å²) in [6, 6.07) is 36.6. The quantitative estimate of drug-likeness (QED) is 0.0695. The fourth-order valence-corrected chi connectivity index (χ4v) is 8.33. The molecule has 4 heterocycles. The Morgan fingerprint density at radius 2 is 0.526 bits per heavy atom. The number of aromatic nitrogens is 4. The van der Waals surface area contributed by atoms with Crippen molar-refractivity contribution < 1.29 is 19.2 Å².